The van der Waals surface area contributed by atoms with Crippen LogP contribution in [0.25, 0.3) is 11.1 Å². The molecule has 1 atom stereocenters. The lowest BCUT2D eigenvalue weighted by Gasteiger charge is -2.25. The van der Waals surface area contributed by atoms with Crippen LogP contribution >= 0.6 is 34.8 Å². The second kappa shape index (κ2) is 11.3. The van der Waals surface area contributed by atoms with E-state index in [1.165, 1.54) is 0 Å². The highest BCUT2D eigenvalue weighted by molar-refractivity contribution is 6.36. The van der Waals surface area contributed by atoms with E-state index in [4.69, 9.17) is 39.5 Å². The zero-order chi connectivity index (χ0) is 27.6. The van der Waals surface area contributed by atoms with Crippen LogP contribution < -0.4 is 10.1 Å². The van der Waals surface area contributed by atoms with E-state index in [2.05, 4.69) is 5.32 Å². The summed E-state index contributed by atoms with van der Waals surface area (Å²) in [6.07, 6.45) is 0.474. The fourth-order valence-electron chi connectivity index (χ4n) is 4.82. The monoisotopic (exact) mass is 579 g/mol. The Morgan fingerprint density at radius 2 is 1.46 bits per heavy atom. The summed E-state index contributed by atoms with van der Waals surface area (Å²) in [5.74, 6) is -0.818. The molecule has 0 saturated heterocycles. The third-order valence-corrected chi connectivity index (χ3v) is 7.85. The van der Waals surface area contributed by atoms with Gasteiger partial charge < -0.3 is 15.2 Å². The number of carboxylic acid groups (broad SMARTS) is 1. The van der Waals surface area contributed by atoms with Gasteiger partial charge in [0.2, 0.25) is 5.91 Å². The van der Waals surface area contributed by atoms with Gasteiger partial charge in [0.1, 0.15) is 17.9 Å². The lowest BCUT2D eigenvalue weighted by atomic mass is 9.95. The predicted molar refractivity (Wildman–Crippen MR) is 154 cm³/mol. The molecule has 39 heavy (non-hydrogen) atoms. The Bertz CT molecular complexity index is 1520. The number of rotatable bonds is 8. The molecule has 0 bridgehead atoms. The number of halogens is 3. The molecular formula is C31H24Cl3NO4. The van der Waals surface area contributed by atoms with E-state index in [9.17, 15) is 14.7 Å². The van der Waals surface area contributed by atoms with E-state index >= 15 is 0 Å². The number of carbonyl (C=O) groups is 2. The van der Waals surface area contributed by atoms with Crippen molar-refractivity contribution < 1.29 is 19.4 Å². The number of carbonyl (C=O) groups excluding carboxylic acids is 1. The van der Waals surface area contributed by atoms with Gasteiger partial charge in [-0.25, -0.2) is 4.79 Å². The normalized spacial score (nSPS) is 16.0. The molecule has 0 saturated carbocycles. The molecule has 5 nitrogen and oxygen atoms in total. The fraction of sp³-hybridized carbons (Fsp3) is 0.161. The van der Waals surface area contributed by atoms with Gasteiger partial charge in [-0.1, -0.05) is 83.3 Å². The Morgan fingerprint density at radius 3 is 2.13 bits per heavy atom. The Balaban J connectivity index is 1.23. The summed E-state index contributed by atoms with van der Waals surface area (Å²) in [6, 6.07) is 25.7. The number of hydrogen-bond donors (Lipinski definition) is 2. The first-order valence-electron chi connectivity index (χ1n) is 12.3. The number of fused-ring (bicyclic) bond motifs is 1. The van der Waals surface area contributed by atoms with E-state index < -0.39 is 11.5 Å². The maximum Gasteiger partial charge on any atom is 0.330 e. The maximum absolute atomic E-state index is 13.0. The summed E-state index contributed by atoms with van der Waals surface area (Å²) in [6.45, 7) is 0.208. The SMILES string of the molecule is O=C(Cc1ccc(OCc2c(Cl)cccc2Cl)cc1)NC1(C(=O)O)Cc2ccc(-c3ccc(Cl)cc3)cc2C1. The first-order chi connectivity index (χ1) is 18.7. The van der Waals surface area contributed by atoms with E-state index in [1.807, 2.05) is 42.5 Å². The van der Waals surface area contributed by atoms with Crippen molar-refractivity contribution >= 4 is 46.7 Å². The average molecular weight is 581 g/mol. The van der Waals surface area contributed by atoms with Crippen molar-refractivity contribution in [2.75, 3.05) is 0 Å². The number of nitrogens with one attached hydrogen (secondary N) is 1. The summed E-state index contributed by atoms with van der Waals surface area (Å²) in [4.78, 5) is 25.4. The van der Waals surface area contributed by atoms with E-state index in [0.29, 0.717) is 26.4 Å². The molecule has 4 aromatic rings. The van der Waals surface area contributed by atoms with Crippen molar-refractivity contribution in [3.8, 4) is 16.9 Å². The Labute approximate surface area is 241 Å². The number of amides is 1. The molecular weight excluding hydrogens is 557 g/mol. The molecule has 1 aliphatic rings. The van der Waals surface area contributed by atoms with Gasteiger partial charge in [-0.3, -0.25) is 4.79 Å². The average Bonchev–Trinajstić information content (AvgIpc) is 3.28. The first-order valence-corrected chi connectivity index (χ1v) is 13.4. The molecule has 0 fully saturated rings. The molecule has 0 aliphatic heterocycles. The van der Waals surface area contributed by atoms with Crippen molar-refractivity contribution in [3.63, 3.8) is 0 Å². The van der Waals surface area contributed by atoms with Crippen molar-refractivity contribution in [2.45, 2.75) is 31.4 Å². The molecule has 5 rings (SSSR count). The van der Waals surface area contributed by atoms with E-state index in [-0.39, 0.29) is 31.8 Å². The highest BCUT2D eigenvalue weighted by Crippen LogP contribution is 2.34. The minimum absolute atomic E-state index is 0.0397. The van der Waals surface area contributed by atoms with Gasteiger partial charge in [-0.15, -0.1) is 0 Å². The molecule has 2 N–H and O–H groups in total. The molecule has 0 heterocycles. The smallest absolute Gasteiger partial charge is 0.330 e. The zero-order valence-corrected chi connectivity index (χ0v) is 23.0. The van der Waals surface area contributed by atoms with Gasteiger partial charge in [0, 0.05) is 33.5 Å². The molecule has 0 spiro atoms. The number of carboxylic acids is 1. The van der Waals surface area contributed by atoms with Crippen molar-refractivity contribution in [1.29, 1.82) is 0 Å². The topological polar surface area (TPSA) is 75.6 Å². The lowest BCUT2D eigenvalue weighted by Crippen LogP contribution is -2.55. The van der Waals surface area contributed by atoms with Gasteiger partial charge in [-0.05, 0) is 64.2 Å². The minimum atomic E-state index is -1.39. The van der Waals surface area contributed by atoms with Crippen LogP contribution in [0.3, 0.4) is 0 Å². The van der Waals surface area contributed by atoms with Gasteiger partial charge in [0.25, 0.3) is 0 Å². The molecule has 0 radical (unpaired) electrons. The van der Waals surface area contributed by atoms with Gasteiger partial charge in [0.15, 0.2) is 0 Å². The van der Waals surface area contributed by atoms with Crippen LogP contribution in [-0.2, 0) is 35.5 Å². The molecule has 0 aromatic heterocycles. The van der Waals surface area contributed by atoms with Crippen LogP contribution in [0.4, 0.5) is 0 Å². The van der Waals surface area contributed by atoms with Gasteiger partial charge >= 0.3 is 5.97 Å². The predicted octanol–water partition coefficient (Wildman–Crippen LogP) is 7.17. The minimum Gasteiger partial charge on any atom is -0.489 e. The molecule has 1 unspecified atom stereocenters. The van der Waals surface area contributed by atoms with Crippen LogP contribution in [0.2, 0.25) is 15.1 Å². The molecule has 198 valence electrons. The number of ether oxygens (including phenoxy) is 1. The summed E-state index contributed by atoms with van der Waals surface area (Å²) >= 11 is 18.4. The van der Waals surface area contributed by atoms with E-state index in [0.717, 1.165) is 27.8 Å². The highest BCUT2D eigenvalue weighted by Gasteiger charge is 2.45. The quantitative estimate of drug-likeness (QED) is 0.232. The summed E-state index contributed by atoms with van der Waals surface area (Å²) in [5, 5.41) is 14.6. The third-order valence-electron chi connectivity index (χ3n) is 6.89. The standard InChI is InChI=1S/C31H24Cl3NO4/c32-24-10-8-20(9-11-24)21-6-7-22-16-31(30(37)38,17-23(22)15-21)35-29(36)14-19-4-12-25(13-5-19)39-18-26-27(33)2-1-3-28(26)34/h1-13,15H,14,16-18H2,(H,35,36)(H,37,38). The molecule has 4 aromatic carbocycles. The summed E-state index contributed by atoms with van der Waals surface area (Å²) in [7, 11) is 0. The van der Waals surface area contributed by atoms with Gasteiger partial charge in [0.05, 0.1) is 6.42 Å². The second-order valence-electron chi connectivity index (χ2n) is 9.59. The Morgan fingerprint density at radius 1 is 0.821 bits per heavy atom. The zero-order valence-electron chi connectivity index (χ0n) is 20.7. The molecule has 8 heteroatoms. The summed E-state index contributed by atoms with van der Waals surface area (Å²) < 4.78 is 5.80. The van der Waals surface area contributed by atoms with Crippen molar-refractivity contribution in [1.82, 2.24) is 5.32 Å². The molecule has 1 amide bonds. The second-order valence-corrected chi connectivity index (χ2v) is 10.8. The Kier molecular flexibility index (Phi) is 7.85. The number of hydrogen-bond acceptors (Lipinski definition) is 3. The van der Waals surface area contributed by atoms with Crippen LogP contribution in [0.5, 0.6) is 5.75 Å². The van der Waals surface area contributed by atoms with Gasteiger partial charge in [-0.2, -0.15) is 0 Å². The summed E-state index contributed by atoms with van der Waals surface area (Å²) in [5.41, 5.74) is 3.81. The number of benzene rings is 4. The largest absolute Gasteiger partial charge is 0.489 e. The van der Waals surface area contributed by atoms with E-state index in [1.54, 1.807) is 42.5 Å². The van der Waals surface area contributed by atoms with Crippen molar-refractivity contribution in [3.05, 3.63) is 122 Å². The number of aliphatic carboxylic acids is 1. The Hall–Kier alpha value is -3.51. The lowest BCUT2D eigenvalue weighted by molar-refractivity contribution is -0.147. The first kappa shape index (κ1) is 27.1. The highest BCUT2D eigenvalue weighted by atomic mass is 35.5. The maximum atomic E-state index is 13.0. The van der Waals surface area contributed by atoms with Crippen LogP contribution in [-0.4, -0.2) is 22.5 Å². The van der Waals surface area contributed by atoms with Crippen LogP contribution in [0.1, 0.15) is 22.3 Å². The third kappa shape index (κ3) is 6.06. The fourth-order valence-corrected chi connectivity index (χ4v) is 5.45. The van der Waals surface area contributed by atoms with Crippen molar-refractivity contribution in [2.24, 2.45) is 0 Å². The molecule has 1 aliphatic carbocycles. The van der Waals surface area contributed by atoms with Crippen LogP contribution in [0.15, 0.2) is 84.9 Å². The van der Waals surface area contributed by atoms with Crippen LogP contribution in [0, 0.1) is 0 Å².